The van der Waals surface area contributed by atoms with Gasteiger partial charge in [-0.05, 0) is 45.1 Å². The molecule has 0 amide bonds. The molecule has 4 heteroatoms. The van der Waals surface area contributed by atoms with Crippen LogP contribution in [0.15, 0.2) is 6.20 Å². The average Bonchev–Trinajstić information content (AvgIpc) is 2.43. The Bertz CT molecular complexity index is 458. The highest BCUT2D eigenvalue weighted by Gasteiger charge is 2.25. The molecule has 4 nitrogen and oxygen atoms in total. The number of hydrogen-bond donors (Lipinski definition) is 1. The molecule has 0 radical (unpaired) electrons. The average molecular weight is 290 g/mol. The first-order valence-electron chi connectivity index (χ1n) is 8.27. The van der Waals surface area contributed by atoms with Gasteiger partial charge in [-0.2, -0.15) is 0 Å². The van der Waals surface area contributed by atoms with Gasteiger partial charge in [-0.1, -0.05) is 20.8 Å². The molecule has 118 valence electrons. The highest BCUT2D eigenvalue weighted by atomic mass is 15.3. The first-order valence-corrected chi connectivity index (χ1v) is 8.27. The van der Waals surface area contributed by atoms with Crippen molar-refractivity contribution in [3.63, 3.8) is 0 Å². The lowest BCUT2D eigenvalue weighted by Gasteiger charge is -2.37. The quantitative estimate of drug-likeness (QED) is 0.904. The maximum Gasteiger partial charge on any atom is 0.225 e. The lowest BCUT2D eigenvalue weighted by molar-refractivity contribution is 0.385. The summed E-state index contributed by atoms with van der Waals surface area (Å²) in [6, 6.07) is 0.547. The smallest absolute Gasteiger partial charge is 0.225 e. The van der Waals surface area contributed by atoms with Gasteiger partial charge in [0.2, 0.25) is 5.95 Å². The predicted octanol–water partition coefficient (Wildman–Crippen LogP) is 3.16. The fourth-order valence-corrected chi connectivity index (χ4v) is 2.85. The minimum absolute atomic E-state index is 0.547. The van der Waals surface area contributed by atoms with E-state index in [-0.39, 0.29) is 0 Å². The Labute approximate surface area is 129 Å². The van der Waals surface area contributed by atoms with Gasteiger partial charge < -0.3 is 10.2 Å². The Balaban J connectivity index is 2.04. The molecule has 1 aromatic heterocycles. The molecule has 0 saturated carbocycles. The van der Waals surface area contributed by atoms with Crippen LogP contribution in [0.25, 0.3) is 0 Å². The number of anilines is 1. The molecular weight excluding hydrogens is 260 g/mol. The molecule has 2 unspecified atom stereocenters. The van der Waals surface area contributed by atoms with E-state index in [1.807, 2.05) is 6.20 Å². The summed E-state index contributed by atoms with van der Waals surface area (Å²) in [6.07, 6.45) is 4.55. The summed E-state index contributed by atoms with van der Waals surface area (Å²) in [4.78, 5) is 11.7. The number of hydrogen-bond acceptors (Lipinski definition) is 4. The Morgan fingerprint density at radius 2 is 2.10 bits per heavy atom. The van der Waals surface area contributed by atoms with Crippen LogP contribution in [0, 0.1) is 18.8 Å². The summed E-state index contributed by atoms with van der Waals surface area (Å²) in [5, 5.41) is 3.46. The van der Waals surface area contributed by atoms with Crippen LogP contribution >= 0.6 is 0 Å². The summed E-state index contributed by atoms with van der Waals surface area (Å²) in [7, 11) is 0. The zero-order valence-corrected chi connectivity index (χ0v) is 14.2. The number of nitrogens with zero attached hydrogens (tertiary/aromatic N) is 3. The monoisotopic (exact) mass is 290 g/mol. The molecule has 1 aliphatic rings. The van der Waals surface area contributed by atoms with Crippen molar-refractivity contribution < 1.29 is 0 Å². The van der Waals surface area contributed by atoms with Gasteiger partial charge >= 0.3 is 0 Å². The fraction of sp³-hybridized carbons (Fsp3) is 0.765. The van der Waals surface area contributed by atoms with Crippen LogP contribution in [0.2, 0.25) is 0 Å². The number of rotatable bonds is 5. The number of nitrogens with one attached hydrogen (secondary N) is 1. The van der Waals surface area contributed by atoms with Crippen molar-refractivity contribution in [2.24, 2.45) is 11.8 Å². The first kappa shape index (κ1) is 16.2. The molecule has 0 bridgehead atoms. The Morgan fingerprint density at radius 3 is 2.76 bits per heavy atom. The zero-order valence-electron chi connectivity index (χ0n) is 14.2. The van der Waals surface area contributed by atoms with Crippen LogP contribution < -0.4 is 10.2 Å². The van der Waals surface area contributed by atoms with Gasteiger partial charge in [-0.15, -0.1) is 0 Å². The van der Waals surface area contributed by atoms with E-state index >= 15 is 0 Å². The second kappa shape index (κ2) is 7.21. The summed E-state index contributed by atoms with van der Waals surface area (Å²) >= 11 is 0. The van der Waals surface area contributed by atoms with Crippen LogP contribution in [-0.2, 0) is 6.54 Å². The third-order valence-electron chi connectivity index (χ3n) is 4.31. The molecule has 2 heterocycles. The second-order valence-corrected chi connectivity index (χ2v) is 6.99. The maximum atomic E-state index is 4.75. The van der Waals surface area contributed by atoms with E-state index in [0.29, 0.717) is 12.0 Å². The SMILES string of the molecule is Cc1nc(N2CC(C)CCC2C)ncc1CNCC(C)C. The van der Waals surface area contributed by atoms with Crippen molar-refractivity contribution in [1.29, 1.82) is 0 Å². The third kappa shape index (κ3) is 4.40. The summed E-state index contributed by atoms with van der Waals surface area (Å²) < 4.78 is 0. The van der Waals surface area contributed by atoms with Gasteiger partial charge in [-0.3, -0.25) is 0 Å². The van der Waals surface area contributed by atoms with Crippen LogP contribution in [0.5, 0.6) is 0 Å². The molecule has 0 spiro atoms. The predicted molar refractivity (Wildman–Crippen MR) is 88.5 cm³/mol. The van der Waals surface area contributed by atoms with Crippen LogP contribution in [-0.4, -0.2) is 29.1 Å². The highest BCUT2D eigenvalue weighted by molar-refractivity contribution is 5.35. The lowest BCUT2D eigenvalue weighted by atomic mass is 9.95. The number of piperidine rings is 1. The van der Waals surface area contributed by atoms with E-state index < -0.39 is 0 Å². The van der Waals surface area contributed by atoms with Crippen molar-refractivity contribution in [3.05, 3.63) is 17.5 Å². The van der Waals surface area contributed by atoms with Crippen LogP contribution in [0.4, 0.5) is 5.95 Å². The molecule has 1 N–H and O–H groups in total. The van der Waals surface area contributed by atoms with Gasteiger partial charge in [-0.25, -0.2) is 9.97 Å². The van der Waals surface area contributed by atoms with E-state index in [1.54, 1.807) is 0 Å². The van der Waals surface area contributed by atoms with E-state index in [4.69, 9.17) is 4.98 Å². The molecular formula is C17H30N4. The van der Waals surface area contributed by atoms with Crippen molar-refractivity contribution in [1.82, 2.24) is 15.3 Å². The summed E-state index contributed by atoms with van der Waals surface area (Å²) in [5.41, 5.74) is 2.30. The van der Waals surface area contributed by atoms with Gasteiger partial charge in [0, 0.05) is 36.6 Å². The van der Waals surface area contributed by atoms with Gasteiger partial charge in [0.15, 0.2) is 0 Å². The Kier molecular flexibility index (Phi) is 5.57. The standard InChI is InChI=1S/C17H30N4/c1-12(2)8-18-9-16-10-19-17(20-15(16)5)21-11-13(3)6-7-14(21)4/h10,12-14,18H,6-9,11H2,1-5H3. The summed E-state index contributed by atoms with van der Waals surface area (Å²) in [5.74, 6) is 2.30. The molecule has 2 atom stereocenters. The fourth-order valence-electron chi connectivity index (χ4n) is 2.85. The van der Waals surface area contributed by atoms with E-state index in [9.17, 15) is 0 Å². The minimum Gasteiger partial charge on any atom is -0.338 e. The van der Waals surface area contributed by atoms with Crippen molar-refractivity contribution in [3.8, 4) is 0 Å². The first-order chi connectivity index (χ1) is 9.97. The van der Waals surface area contributed by atoms with Crippen molar-refractivity contribution in [2.45, 2.75) is 60.0 Å². The topological polar surface area (TPSA) is 41.1 Å². The molecule has 1 fully saturated rings. The van der Waals surface area contributed by atoms with Gasteiger partial charge in [0.1, 0.15) is 0 Å². The molecule has 21 heavy (non-hydrogen) atoms. The lowest BCUT2D eigenvalue weighted by Crippen LogP contribution is -2.42. The van der Waals surface area contributed by atoms with Gasteiger partial charge in [0.25, 0.3) is 0 Å². The zero-order chi connectivity index (χ0) is 15.4. The largest absolute Gasteiger partial charge is 0.338 e. The summed E-state index contributed by atoms with van der Waals surface area (Å²) in [6.45, 7) is 14.1. The van der Waals surface area contributed by atoms with Gasteiger partial charge in [0.05, 0.1) is 0 Å². The van der Waals surface area contributed by atoms with Crippen molar-refractivity contribution in [2.75, 3.05) is 18.0 Å². The molecule has 0 aliphatic carbocycles. The Hall–Kier alpha value is -1.16. The number of aryl methyl sites for hydroxylation is 1. The molecule has 0 aromatic carbocycles. The maximum absolute atomic E-state index is 4.75. The molecule has 2 rings (SSSR count). The molecule has 1 saturated heterocycles. The highest BCUT2D eigenvalue weighted by Crippen LogP contribution is 2.25. The van der Waals surface area contributed by atoms with Crippen LogP contribution in [0.1, 0.15) is 51.8 Å². The molecule has 1 aromatic rings. The van der Waals surface area contributed by atoms with E-state index in [0.717, 1.165) is 37.2 Å². The minimum atomic E-state index is 0.547. The van der Waals surface area contributed by atoms with E-state index in [2.05, 4.69) is 49.8 Å². The van der Waals surface area contributed by atoms with Crippen LogP contribution in [0.3, 0.4) is 0 Å². The third-order valence-corrected chi connectivity index (χ3v) is 4.31. The van der Waals surface area contributed by atoms with Crippen molar-refractivity contribution >= 4 is 5.95 Å². The molecule has 1 aliphatic heterocycles. The normalized spacial score (nSPS) is 22.9. The van der Waals surface area contributed by atoms with E-state index in [1.165, 1.54) is 18.4 Å². The Morgan fingerprint density at radius 1 is 1.33 bits per heavy atom. The number of aromatic nitrogens is 2. The second-order valence-electron chi connectivity index (χ2n) is 6.99.